The zero-order valence-corrected chi connectivity index (χ0v) is 14.2. The third-order valence-corrected chi connectivity index (χ3v) is 3.81. The highest BCUT2D eigenvalue weighted by Crippen LogP contribution is 2.00. The molecule has 0 heterocycles. The fourth-order valence-corrected chi connectivity index (χ4v) is 2.36. The largest absolute Gasteiger partial charge is 0.471 e. The summed E-state index contributed by atoms with van der Waals surface area (Å²) in [6, 6.07) is 16.8. The molecule has 27 heavy (non-hydrogen) atoms. The van der Waals surface area contributed by atoms with Gasteiger partial charge in [0, 0.05) is 0 Å². The molecule has 0 saturated carbocycles. The molecular formula is C18H14B3F3NO2. The number of hydrogen-bond acceptors (Lipinski definition) is 3. The number of benzene rings is 3. The number of rotatable bonds is 7. The van der Waals surface area contributed by atoms with E-state index in [1.54, 1.807) is 0 Å². The molecule has 0 aromatic heterocycles. The van der Waals surface area contributed by atoms with E-state index in [4.69, 9.17) is 14.8 Å². The summed E-state index contributed by atoms with van der Waals surface area (Å²) in [6.45, 7) is 0. The van der Waals surface area contributed by atoms with E-state index in [-0.39, 0.29) is 11.6 Å². The summed E-state index contributed by atoms with van der Waals surface area (Å²) in [4.78, 5) is 0. The predicted molar refractivity (Wildman–Crippen MR) is 102 cm³/mol. The molecule has 9 heteroatoms. The lowest BCUT2D eigenvalue weighted by Crippen LogP contribution is -2.52. The van der Waals surface area contributed by atoms with Gasteiger partial charge in [0.25, 0.3) is 0 Å². The molecule has 0 saturated heterocycles. The molecule has 3 nitrogen and oxygen atoms in total. The molecule has 0 bridgehead atoms. The SMILES string of the molecule is NB(OB(O[B]c1ccc(F)cc1)c1ccc(F)cc1)c1ccc(F)cc1. The van der Waals surface area contributed by atoms with E-state index in [9.17, 15) is 13.2 Å². The molecule has 3 aromatic rings. The summed E-state index contributed by atoms with van der Waals surface area (Å²) >= 11 is 0. The van der Waals surface area contributed by atoms with Crippen LogP contribution in [0.4, 0.5) is 13.2 Å². The van der Waals surface area contributed by atoms with Gasteiger partial charge in [-0.1, -0.05) is 41.9 Å². The van der Waals surface area contributed by atoms with E-state index in [1.807, 2.05) is 0 Å². The maximum absolute atomic E-state index is 13.2. The minimum Gasteiger partial charge on any atom is -0.471 e. The minimum absolute atomic E-state index is 0.364. The normalized spacial score (nSPS) is 10.5. The van der Waals surface area contributed by atoms with Gasteiger partial charge in [-0.25, -0.2) is 13.2 Å². The first kappa shape index (κ1) is 19.3. The third-order valence-electron chi connectivity index (χ3n) is 3.81. The second kappa shape index (κ2) is 8.95. The Morgan fingerprint density at radius 1 is 0.667 bits per heavy atom. The van der Waals surface area contributed by atoms with Gasteiger partial charge in [0.2, 0.25) is 0 Å². The van der Waals surface area contributed by atoms with Gasteiger partial charge in [-0.3, -0.25) is 0 Å². The molecule has 133 valence electrons. The molecule has 3 aromatic carbocycles. The van der Waals surface area contributed by atoms with Crippen LogP contribution in [0.1, 0.15) is 0 Å². The van der Waals surface area contributed by atoms with Crippen LogP contribution in [0.3, 0.4) is 0 Å². The van der Waals surface area contributed by atoms with Crippen molar-refractivity contribution in [2.75, 3.05) is 0 Å². The van der Waals surface area contributed by atoms with Crippen molar-refractivity contribution in [2.45, 2.75) is 0 Å². The fourth-order valence-electron chi connectivity index (χ4n) is 2.36. The topological polar surface area (TPSA) is 44.5 Å². The number of hydrogen-bond donors (Lipinski definition) is 1. The van der Waals surface area contributed by atoms with Crippen LogP contribution in [0.25, 0.3) is 0 Å². The first-order valence-corrected chi connectivity index (χ1v) is 8.17. The van der Waals surface area contributed by atoms with Gasteiger partial charge in [0.05, 0.1) is 0 Å². The molecule has 1 radical (unpaired) electrons. The van der Waals surface area contributed by atoms with Crippen LogP contribution in [0, 0.1) is 17.5 Å². The summed E-state index contributed by atoms with van der Waals surface area (Å²) < 4.78 is 50.7. The first-order valence-electron chi connectivity index (χ1n) is 8.17. The highest BCUT2D eigenvalue weighted by molar-refractivity contribution is 6.78. The first-order chi connectivity index (χ1) is 13.0. The molecule has 0 fully saturated rings. The van der Waals surface area contributed by atoms with Gasteiger partial charge in [-0.05, 0) is 47.3 Å². The Balaban J connectivity index is 1.75. The zero-order valence-electron chi connectivity index (χ0n) is 14.2. The van der Waals surface area contributed by atoms with E-state index in [0.717, 1.165) is 0 Å². The van der Waals surface area contributed by atoms with Crippen LogP contribution >= 0.6 is 0 Å². The van der Waals surface area contributed by atoms with E-state index in [2.05, 4.69) is 0 Å². The maximum Gasteiger partial charge on any atom is 0.464 e. The predicted octanol–water partition coefficient (Wildman–Crippen LogP) is 1.13. The van der Waals surface area contributed by atoms with Crippen LogP contribution in [-0.2, 0) is 9.14 Å². The fraction of sp³-hybridized carbons (Fsp3) is 0. The van der Waals surface area contributed by atoms with Gasteiger partial charge in [-0.15, -0.1) is 0 Å². The summed E-state index contributed by atoms with van der Waals surface area (Å²) in [5, 5.41) is 0. The van der Waals surface area contributed by atoms with Crippen LogP contribution in [-0.4, -0.2) is 21.7 Å². The van der Waals surface area contributed by atoms with Crippen molar-refractivity contribution in [2.24, 2.45) is 5.64 Å². The van der Waals surface area contributed by atoms with Gasteiger partial charge < -0.3 is 14.8 Å². The Morgan fingerprint density at radius 2 is 1.11 bits per heavy atom. The smallest absolute Gasteiger partial charge is 0.464 e. The molecule has 0 aliphatic carbocycles. The Bertz CT molecular complexity index is 865. The number of nitrogens with two attached hydrogens (primary N) is 1. The lowest BCUT2D eigenvalue weighted by atomic mass is 9.67. The second-order valence-corrected chi connectivity index (χ2v) is 5.80. The lowest BCUT2D eigenvalue weighted by Gasteiger charge is -2.18. The Hall–Kier alpha value is -2.48. The van der Waals surface area contributed by atoms with Crippen LogP contribution in [0.5, 0.6) is 0 Å². The zero-order chi connectivity index (χ0) is 19.2. The van der Waals surface area contributed by atoms with Gasteiger partial charge >= 0.3 is 21.7 Å². The molecule has 2 N–H and O–H groups in total. The molecule has 0 unspecified atom stereocenters. The highest BCUT2D eigenvalue weighted by atomic mass is 19.1. The Morgan fingerprint density at radius 3 is 1.63 bits per heavy atom. The monoisotopic (exact) mass is 366 g/mol. The van der Waals surface area contributed by atoms with Crippen molar-refractivity contribution in [3.63, 3.8) is 0 Å². The summed E-state index contributed by atoms with van der Waals surface area (Å²) in [7, 11) is -0.455. The maximum atomic E-state index is 13.2. The lowest BCUT2D eigenvalue weighted by molar-refractivity contribution is 0.468. The molecule has 0 amide bonds. The Kier molecular flexibility index (Phi) is 6.39. The molecular weight excluding hydrogens is 352 g/mol. The summed E-state index contributed by atoms with van der Waals surface area (Å²) in [5.41, 5.74) is 7.74. The van der Waals surface area contributed by atoms with Crippen molar-refractivity contribution in [3.8, 4) is 0 Å². The molecule has 0 spiro atoms. The quantitative estimate of drug-likeness (QED) is 0.638. The number of halogens is 3. The van der Waals surface area contributed by atoms with E-state index < -0.39 is 20.0 Å². The van der Waals surface area contributed by atoms with E-state index >= 15 is 0 Å². The molecule has 0 atom stereocenters. The van der Waals surface area contributed by atoms with Crippen LogP contribution < -0.4 is 22.0 Å². The summed E-state index contributed by atoms with van der Waals surface area (Å²) in [6.07, 6.45) is 0. The van der Waals surface area contributed by atoms with Crippen molar-refractivity contribution < 1.29 is 22.3 Å². The van der Waals surface area contributed by atoms with Gasteiger partial charge in [-0.2, -0.15) is 0 Å². The molecule has 0 aliphatic rings. The molecule has 3 rings (SSSR count). The van der Waals surface area contributed by atoms with Crippen molar-refractivity contribution in [1.29, 1.82) is 0 Å². The van der Waals surface area contributed by atoms with Gasteiger partial charge in [0.15, 0.2) is 0 Å². The highest BCUT2D eigenvalue weighted by Gasteiger charge is 2.27. The van der Waals surface area contributed by atoms with Crippen molar-refractivity contribution in [3.05, 3.63) is 90.2 Å². The third kappa shape index (κ3) is 5.50. The Labute approximate surface area is 156 Å². The summed E-state index contributed by atoms with van der Waals surface area (Å²) in [5.74, 6) is -1.15. The van der Waals surface area contributed by atoms with Crippen LogP contribution in [0.2, 0.25) is 0 Å². The van der Waals surface area contributed by atoms with Gasteiger partial charge in [0.1, 0.15) is 17.5 Å². The second-order valence-electron chi connectivity index (χ2n) is 5.80. The van der Waals surface area contributed by atoms with E-state index in [0.29, 0.717) is 16.4 Å². The average Bonchev–Trinajstić information content (AvgIpc) is 2.67. The standard InChI is InChI=1S/C18H14B3F3NO2/c22-16-7-1-13(2-8-16)19-26-21(15-5-11-18(24)12-6-15)27-20(25)14-3-9-17(23)10-4-14/h1-12H,25H2. The average molecular weight is 366 g/mol. The van der Waals surface area contributed by atoms with Crippen LogP contribution in [0.15, 0.2) is 72.8 Å². The van der Waals surface area contributed by atoms with Crippen molar-refractivity contribution in [1.82, 2.24) is 0 Å². The minimum atomic E-state index is -0.948. The van der Waals surface area contributed by atoms with Crippen molar-refractivity contribution >= 4 is 38.0 Å². The van der Waals surface area contributed by atoms with E-state index in [1.165, 1.54) is 80.3 Å². The molecule has 0 aliphatic heterocycles.